The average Bonchev–Trinajstić information content (AvgIpc) is 2.74. The van der Waals surface area contributed by atoms with Gasteiger partial charge in [-0.1, -0.05) is 0 Å². The molecule has 9 nitrogen and oxygen atoms in total. The highest BCUT2D eigenvalue weighted by Gasteiger charge is 2.22. The molecule has 0 aliphatic heterocycles. The van der Waals surface area contributed by atoms with Crippen LogP contribution in [-0.4, -0.2) is 44.2 Å². The van der Waals surface area contributed by atoms with Crippen molar-refractivity contribution < 1.29 is 14.3 Å². The molecule has 0 aromatic carbocycles. The fourth-order valence-electron chi connectivity index (χ4n) is 1.74. The van der Waals surface area contributed by atoms with Crippen molar-refractivity contribution in [3.8, 4) is 0 Å². The van der Waals surface area contributed by atoms with Gasteiger partial charge in [0.2, 0.25) is 5.91 Å². The van der Waals surface area contributed by atoms with E-state index in [-0.39, 0.29) is 6.54 Å². The lowest BCUT2D eigenvalue weighted by Gasteiger charge is -2.14. The van der Waals surface area contributed by atoms with Crippen molar-refractivity contribution in [1.29, 1.82) is 0 Å². The maximum atomic E-state index is 12.0. The van der Waals surface area contributed by atoms with E-state index in [1.54, 1.807) is 0 Å². The van der Waals surface area contributed by atoms with Gasteiger partial charge in [-0.25, -0.2) is 18.7 Å². The number of amides is 1. The number of fused-ring (bicyclic) bond motifs is 1. The molecule has 2 aromatic heterocycles. The van der Waals surface area contributed by atoms with E-state index in [0.29, 0.717) is 5.65 Å². The molecule has 0 spiro atoms. The molecule has 0 fully saturated rings. The molecule has 1 atom stereocenters. The minimum Gasteiger partial charge on any atom is -0.467 e. The second-order valence-corrected chi connectivity index (χ2v) is 4.05. The Bertz CT molecular complexity index is 704. The third kappa shape index (κ3) is 2.66. The maximum Gasteiger partial charge on any atom is 0.350 e. The Morgan fingerprint density at radius 2 is 2.25 bits per heavy atom. The van der Waals surface area contributed by atoms with Crippen LogP contribution in [0.15, 0.2) is 23.4 Å². The van der Waals surface area contributed by atoms with Gasteiger partial charge < -0.3 is 10.1 Å². The van der Waals surface area contributed by atoms with Crippen LogP contribution in [0.5, 0.6) is 0 Å². The van der Waals surface area contributed by atoms with Gasteiger partial charge in [-0.3, -0.25) is 9.78 Å². The Morgan fingerprint density at radius 3 is 2.85 bits per heavy atom. The number of hydrogen-bond donors (Lipinski definition) is 1. The second kappa shape index (κ2) is 5.51. The first-order chi connectivity index (χ1) is 9.52. The highest BCUT2D eigenvalue weighted by molar-refractivity contribution is 5.83. The predicted molar refractivity (Wildman–Crippen MR) is 66.9 cm³/mol. The van der Waals surface area contributed by atoms with Crippen LogP contribution in [0, 0.1) is 0 Å². The van der Waals surface area contributed by atoms with Crippen LogP contribution in [0.25, 0.3) is 5.65 Å². The van der Waals surface area contributed by atoms with Gasteiger partial charge >= 0.3 is 11.7 Å². The SMILES string of the molecule is COC(=O)C(Cn1nc2cnccn2c1=O)NC(C)=O. The summed E-state index contributed by atoms with van der Waals surface area (Å²) >= 11 is 0. The molecule has 106 valence electrons. The van der Waals surface area contributed by atoms with Crippen LogP contribution >= 0.6 is 0 Å². The van der Waals surface area contributed by atoms with E-state index >= 15 is 0 Å². The molecule has 0 saturated heterocycles. The van der Waals surface area contributed by atoms with Crippen LogP contribution in [-0.2, 0) is 20.9 Å². The number of methoxy groups -OCH3 is 1. The normalized spacial score (nSPS) is 12.1. The average molecular weight is 279 g/mol. The highest BCUT2D eigenvalue weighted by atomic mass is 16.5. The standard InChI is InChI=1S/C11H13N5O4/c1-7(17)13-8(10(18)20-2)6-16-11(19)15-4-3-12-5-9(15)14-16/h3-5,8H,6H2,1-2H3,(H,13,17). The lowest BCUT2D eigenvalue weighted by molar-refractivity contribution is -0.145. The Hall–Kier alpha value is -2.71. The number of nitrogens with one attached hydrogen (secondary N) is 1. The molecule has 2 heterocycles. The lowest BCUT2D eigenvalue weighted by atomic mass is 10.3. The molecule has 0 aliphatic rings. The molecule has 2 aromatic rings. The maximum absolute atomic E-state index is 12.0. The van der Waals surface area contributed by atoms with Crippen LogP contribution < -0.4 is 11.0 Å². The first-order valence-electron chi connectivity index (χ1n) is 5.77. The minimum absolute atomic E-state index is 0.118. The van der Waals surface area contributed by atoms with Crippen molar-refractivity contribution in [2.75, 3.05) is 7.11 Å². The zero-order valence-electron chi connectivity index (χ0n) is 10.9. The summed E-state index contributed by atoms with van der Waals surface area (Å²) in [5.41, 5.74) is -0.0782. The van der Waals surface area contributed by atoms with E-state index in [0.717, 1.165) is 4.68 Å². The number of carbonyl (C=O) groups excluding carboxylic acids is 2. The molecule has 1 unspecified atom stereocenters. The molecular weight excluding hydrogens is 266 g/mol. The highest BCUT2D eigenvalue weighted by Crippen LogP contribution is 1.96. The van der Waals surface area contributed by atoms with Gasteiger partial charge in [0.1, 0.15) is 6.04 Å². The number of esters is 1. The van der Waals surface area contributed by atoms with Crippen LogP contribution in [0.4, 0.5) is 0 Å². The van der Waals surface area contributed by atoms with Gasteiger partial charge in [-0.2, -0.15) is 0 Å². The second-order valence-electron chi connectivity index (χ2n) is 4.05. The summed E-state index contributed by atoms with van der Waals surface area (Å²) in [6.07, 6.45) is 4.34. The predicted octanol–water partition coefficient (Wildman–Crippen LogP) is -1.43. The van der Waals surface area contributed by atoms with Crippen molar-refractivity contribution in [2.24, 2.45) is 0 Å². The Morgan fingerprint density at radius 1 is 1.50 bits per heavy atom. The molecular formula is C11H13N5O4. The molecule has 0 radical (unpaired) electrons. The summed E-state index contributed by atoms with van der Waals surface area (Å²) in [5.74, 6) is -1.05. The molecule has 0 saturated carbocycles. The smallest absolute Gasteiger partial charge is 0.350 e. The Labute approximate surface area is 113 Å². The van der Waals surface area contributed by atoms with Crippen molar-refractivity contribution in [3.63, 3.8) is 0 Å². The van der Waals surface area contributed by atoms with E-state index < -0.39 is 23.6 Å². The number of ether oxygens (including phenoxy) is 1. The summed E-state index contributed by atoms with van der Waals surface area (Å²) in [6, 6.07) is -0.979. The van der Waals surface area contributed by atoms with E-state index in [2.05, 4.69) is 20.1 Å². The number of hydrogen-bond acceptors (Lipinski definition) is 6. The van der Waals surface area contributed by atoms with E-state index in [1.165, 1.54) is 37.0 Å². The summed E-state index contributed by atoms with van der Waals surface area (Å²) in [6.45, 7) is 1.15. The summed E-state index contributed by atoms with van der Waals surface area (Å²) in [7, 11) is 1.20. The third-order valence-corrected chi connectivity index (χ3v) is 2.61. The van der Waals surface area contributed by atoms with E-state index in [9.17, 15) is 14.4 Å². The third-order valence-electron chi connectivity index (χ3n) is 2.61. The number of nitrogens with zero attached hydrogens (tertiary/aromatic N) is 4. The molecule has 20 heavy (non-hydrogen) atoms. The summed E-state index contributed by atoms with van der Waals surface area (Å²) in [5, 5.41) is 6.43. The zero-order chi connectivity index (χ0) is 14.7. The topological polar surface area (TPSA) is 108 Å². The van der Waals surface area contributed by atoms with Crippen LogP contribution in [0.3, 0.4) is 0 Å². The van der Waals surface area contributed by atoms with Gasteiger partial charge in [0.05, 0.1) is 19.9 Å². The lowest BCUT2D eigenvalue weighted by Crippen LogP contribution is -2.45. The fraction of sp³-hybridized carbons (Fsp3) is 0.364. The molecule has 0 aliphatic carbocycles. The van der Waals surface area contributed by atoms with Crippen LogP contribution in [0.1, 0.15) is 6.92 Å². The molecule has 1 amide bonds. The Balaban J connectivity index is 2.33. The van der Waals surface area contributed by atoms with Crippen LogP contribution in [0.2, 0.25) is 0 Å². The van der Waals surface area contributed by atoms with E-state index in [1.807, 2.05) is 0 Å². The van der Waals surface area contributed by atoms with Gasteiger partial charge in [-0.05, 0) is 0 Å². The molecule has 9 heteroatoms. The fourth-order valence-corrected chi connectivity index (χ4v) is 1.74. The Kier molecular flexibility index (Phi) is 3.78. The number of carbonyl (C=O) groups is 2. The molecule has 0 bridgehead atoms. The number of rotatable bonds is 4. The minimum atomic E-state index is -0.979. The van der Waals surface area contributed by atoms with Gasteiger partial charge in [0.25, 0.3) is 0 Å². The number of aromatic nitrogens is 4. The largest absolute Gasteiger partial charge is 0.467 e. The van der Waals surface area contributed by atoms with Crippen molar-refractivity contribution in [1.82, 2.24) is 24.5 Å². The van der Waals surface area contributed by atoms with Gasteiger partial charge in [0.15, 0.2) is 5.65 Å². The quantitative estimate of drug-likeness (QED) is 0.687. The monoisotopic (exact) mass is 279 g/mol. The zero-order valence-corrected chi connectivity index (χ0v) is 10.9. The summed E-state index contributed by atoms with van der Waals surface area (Å²) < 4.78 is 6.95. The van der Waals surface area contributed by atoms with Crippen molar-refractivity contribution >= 4 is 17.5 Å². The first kappa shape index (κ1) is 13.7. The first-order valence-corrected chi connectivity index (χ1v) is 5.77. The summed E-state index contributed by atoms with van der Waals surface area (Å²) in [4.78, 5) is 38.5. The van der Waals surface area contributed by atoms with Crippen molar-refractivity contribution in [2.45, 2.75) is 19.5 Å². The molecule has 2 rings (SSSR count). The molecule has 1 N–H and O–H groups in total. The van der Waals surface area contributed by atoms with Crippen molar-refractivity contribution in [3.05, 3.63) is 29.1 Å². The van der Waals surface area contributed by atoms with Gasteiger partial charge in [0, 0.05) is 19.3 Å². The van der Waals surface area contributed by atoms with E-state index in [4.69, 9.17) is 0 Å². The van der Waals surface area contributed by atoms with Gasteiger partial charge in [-0.15, -0.1) is 5.10 Å².